The van der Waals surface area contributed by atoms with E-state index in [1.807, 2.05) is 0 Å². The smallest absolute Gasteiger partial charge is 0.405 e. The minimum Gasteiger partial charge on any atom is -0.487 e. The number of benzene rings is 2. The number of nitrogens with one attached hydrogen (secondary N) is 2. The van der Waals surface area contributed by atoms with Gasteiger partial charge in [0.05, 0.1) is 27.7 Å². The lowest BCUT2D eigenvalue weighted by atomic mass is 10.1. The number of nitrogens with zero attached hydrogens (tertiary/aromatic N) is 3. The zero-order chi connectivity index (χ0) is 28.9. The predicted octanol–water partition coefficient (Wildman–Crippen LogP) is 4.94. The summed E-state index contributed by atoms with van der Waals surface area (Å²) in [5, 5.41) is 13.4. The average Bonchev–Trinajstić information content (AvgIpc) is 3.16. The van der Waals surface area contributed by atoms with Crippen LogP contribution in [0.2, 0.25) is 10.0 Å². The molecular weight excluding hydrogens is 572 g/mol. The number of carbonyl (C=O) groups is 2. The summed E-state index contributed by atoms with van der Waals surface area (Å²) in [7, 11) is 1.60. The fourth-order valence-corrected chi connectivity index (χ4v) is 4.15. The molecule has 0 spiro atoms. The zero-order valence-electron chi connectivity index (χ0n) is 20.1. The quantitative estimate of drug-likeness (QED) is 0.325. The first-order chi connectivity index (χ1) is 18.3. The van der Waals surface area contributed by atoms with Crippen molar-refractivity contribution in [2.24, 2.45) is 7.05 Å². The number of carbonyl (C=O) groups excluding carboxylic acids is 2. The van der Waals surface area contributed by atoms with Gasteiger partial charge in [0.1, 0.15) is 31.1 Å². The predicted molar refractivity (Wildman–Crippen MR) is 132 cm³/mol. The molecule has 2 N–H and O–H groups in total. The Morgan fingerprint density at radius 3 is 2.56 bits per heavy atom. The van der Waals surface area contributed by atoms with E-state index in [0.29, 0.717) is 22.5 Å². The van der Waals surface area contributed by atoms with Gasteiger partial charge in [-0.25, -0.2) is 13.8 Å². The van der Waals surface area contributed by atoms with E-state index in [1.54, 1.807) is 35.1 Å². The topological polar surface area (TPSA) is 109 Å². The molecule has 0 atom stereocenters. The van der Waals surface area contributed by atoms with Crippen molar-refractivity contribution in [2.75, 3.05) is 13.2 Å². The van der Waals surface area contributed by atoms with E-state index in [1.165, 1.54) is 6.07 Å². The van der Waals surface area contributed by atoms with E-state index in [0.717, 1.165) is 6.07 Å². The number of fused-ring (bicyclic) bond motifs is 1. The molecule has 0 unspecified atom stereocenters. The second-order valence-corrected chi connectivity index (χ2v) is 9.00. The Bertz CT molecular complexity index is 1440. The van der Waals surface area contributed by atoms with Crippen molar-refractivity contribution in [3.63, 3.8) is 0 Å². The van der Waals surface area contributed by atoms with Gasteiger partial charge in [0.25, 0.3) is 12.3 Å². The van der Waals surface area contributed by atoms with E-state index in [4.69, 9.17) is 33.2 Å². The Morgan fingerprint density at radius 2 is 1.92 bits per heavy atom. The maximum absolute atomic E-state index is 12.8. The molecule has 3 aromatic rings. The van der Waals surface area contributed by atoms with E-state index in [-0.39, 0.29) is 40.7 Å². The minimum absolute atomic E-state index is 0.0350. The molecule has 0 radical (unpaired) electrons. The van der Waals surface area contributed by atoms with Crippen LogP contribution in [-0.4, -0.2) is 47.1 Å². The van der Waals surface area contributed by atoms with Crippen LogP contribution in [0, 0.1) is 11.3 Å². The molecule has 0 saturated heterocycles. The van der Waals surface area contributed by atoms with Crippen LogP contribution in [0.4, 0.5) is 22.0 Å². The summed E-state index contributed by atoms with van der Waals surface area (Å²) in [5.41, 5.74) is 1.09. The van der Waals surface area contributed by atoms with Gasteiger partial charge in [-0.15, -0.1) is 0 Å². The van der Waals surface area contributed by atoms with Crippen LogP contribution in [0.25, 0.3) is 11.0 Å². The number of rotatable bonds is 10. The number of alkyl halides is 5. The fraction of sp³-hybridized carbons (Fsp3) is 0.333. The summed E-state index contributed by atoms with van der Waals surface area (Å²) in [5.74, 6) is -1.64. The van der Waals surface area contributed by atoms with Gasteiger partial charge in [-0.05, 0) is 23.3 Å². The molecule has 1 aromatic heterocycles. The molecule has 0 aliphatic heterocycles. The lowest BCUT2D eigenvalue weighted by Gasteiger charge is -2.13. The average molecular weight is 592 g/mol. The molecule has 1 heterocycles. The molecule has 2 aromatic carbocycles. The molecule has 15 heteroatoms. The molecule has 0 aliphatic carbocycles. The highest BCUT2D eigenvalue weighted by molar-refractivity contribution is 6.36. The van der Waals surface area contributed by atoms with Crippen molar-refractivity contribution in [1.82, 2.24) is 20.2 Å². The monoisotopic (exact) mass is 591 g/mol. The molecule has 8 nitrogen and oxygen atoms in total. The van der Waals surface area contributed by atoms with Gasteiger partial charge in [-0.2, -0.15) is 18.4 Å². The maximum Gasteiger partial charge on any atom is 0.405 e. The second-order valence-electron chi connectivity index (χ2n) is 8.21. The van der Waals surface area contributed by atoms with Crippen LogP contribution in [0.5, 0.6) is 5.75 Å². The zero-order valence-corrected chi connectivity index (χ0v) is 21.6. The molecule has 0 saturated carbocycles. The summed E-state index contributed by atoms with van der Waals surface area (Å²) in [6, 6.07) is 7.29. The maximum atomic E-state index is 12.8. The number of nitriles is 1. The van der Waals surface area contributed by atoms with Crippen molar-refractivity contribution >= 4 is 46.0 Å². The lowest BCUT2D eigenvalue weighted by Crippen LogP contribution is -2.34. The molecule has 3 rings (SSSR count). The van der Waals surface area contributed by atoms with E-state index >= 15 is 0 Å². The van der Waals surface area contributed by atoms with Crippen molar-refractivity contribution < 1.29 is 36.3 Å². The summed E-state index contributed by atoms with van der Waals surface area (Å²) < 4.78 is 70.0. The number of halogens is 7. The van der Waals surface area contributed by atoms with Crippen LogP contribution >= 0.6 is 23.2 Å². The second kappa shape index (κ2) is 12.5. The number of ether oxygens (including phenoxy) is 1. The van der Waals surface area contributed by atoms with Crippen molar-refractivity contribution in [3.05, 3.63) is 56.8 Å². The third-order valence-corrected chi connectivity index (χ3v) is 6.28. The molecular formula is C24H20Cl2F5N5O3. The molecule has 0 bridgehead atoms. The van der Waals surface area contributed by atoms with Crippen LogP contribution in [0.15, 0.2) is 24.3 Å². The first-order valence-corrected chi connectivity index (χ1v) is 11.9. The first kappa shape index (κ1) is 29.9. The Labute approximate surface area is 228 Å². The van der Waals surface area contributed by atoms with Crippen LogP contribution in [0.3, 0.4) is 0 Å². The number of aryl methyl sites for hydroxylation is 1. The SMILES string of the molecule is Cn1c(Cc2c(Cl)ccc(CNC(=O)CC#N)c2Cl)nc2cc(C(=O)NCC(F)(F)F)c(OCC(F)F)cc21. The number of aromatic nitrogens is 2. The highest BCUT2D eigenvalue weighted by atomic mass is 35.5. The number of amides is 2. The van der Waals surface area contributed by atoms with Gasteiger partial charge in [-0.3, -0.25) is 9.59 Å². The third kappa shape index (κ3) is 7.70. The van der Waals surface area contributed by atoms with Gasteiger partial charge in [0.15, 0.2) is 0 Å². The third-order valence-electron chi connectivity index (χ3n) is 5.45. The van der Waals surface area contributed by atoms with Gasteiger partial charge in [0, 0.05) is 31.1 Å². The summed E-state index contributed by atoms with van der Waals surface area (Å²) in [6.07, 6.45) is -7.84. The standard InChI is InChI=1S/C24H20Cl2F5N5O3/c1-36-17-8-18(39-10-19(27)28)14(23(38)34-11-24(29,30)31)6-16(17)35-20(36)7-13-15(25)3-2-12(22(13)26)9-33-21(37)4-5-32/h2-3,6,8,19H,4,7,9-11H2,1H3,(H,33,37)(H,34,38). The number of hydrogen-bond acceptors (Lipinski definition) is 5. The van der Waals surface area contributed by atoms with Crippen LogP contribution < -0.4 is 15.4 Å². The molecule has 0 fully saturated rings. The highest BCUT2D eigenvalue weighted by Crippen LogP contribution is 2.32. The van der Waals surface area contributed by atoms with Crippen molar-refractivity contribution in [2.45, 2.75) is 32.0 Å². The lowest BCUT2D eigenvalue weighted by molar-refractivity contribution is -0.123. The van der Waals surface area contributed by atoms with Crippen LogP contribution in [0.1, 0.15) is 33.7 Å². The van der Waals surface area contributed by atoms with Gasteiger partial charge in [0.2, 0.25) is 5.91 Å². The molecule has 208 valence electrons. The van der Waals surface area contributed by atoms with Crippen LogP contribution in [-0.2, 0) is 24.8 Å². The Hall–Kier alpha value is -3.63. The fourth-order valence-electron chi connectivity index (χ4n) is 3.58. The summed E-state index contributed by atoms with van der Waals surface area (Å²) in [4.78, 5) is 28.5. The normalized spacial score (nSPS) is 11.5. The minimum atomic E-state index is -4.69. The number of imidazole rings is 1. The highest BCUT2D eigenvalue weighted by Gasteiger charge is 2.29. The molecule has 0 aliphatic rings. The Morgan fingerprint density at radius 1 is 1.21 bits per heavy atom. The molecule has 39 heavy (non-hydrogen) atoms. The summed E-state index contributed by atoms with van der Waals surface area (Å²) in [6.45, 7) is -2.68. The Balaban J connectivity index is 1.98. The first-order valence-electron chi connectivity index (χ1n) is 11.1. The molecule has 2 amide bonds. The summed E-state index contributed by atoms with van der Waals surface area (Å²) >= 11 is 12.9. The van der Waals surface area contributed by atoms with Crippen molar-refractivity contribution in [1.29, 1.82) is 5.26 Å². The van der Waals surface area contributed by atoms with E-state index in [9.17, 15) is 31.5 Å². The number of hydrogen-bond donors (Lipinski definition) is 2. The van der Waals surface area contributed by atoms with Gasteiger partial charge in [-0.1, -0.05) is 29.3 Å². The van der Waals surface area contributed by atoms with E-state index in [2.05, 4.69) is 10.3 Å². The largest absolute Gasteiger partial charge is 0.487 e. The Kier molecular flexibility index (Phi) is 9.58. The van der Waals surface area contributed by atoms with Gasteiger partial charge >= 0.3 is 6.18 Å². The van der Waals surface area contributed by atoms with Crippen molar-refractivity contribution in [3.8, 4) is 11.8 Å². The van der Waals surface area contributed by atoms with Gasteiger partial charge < -0.3 is 19.9 Å². The van der Waals surface area contributed by atoms with E-state index < -0.39 is 43.1 Å².